The second kappa shape index (κ2) is 8.88. The van der Waals surface area contributed by atoms with Crippen LogP contribution in [-0.4, -0.2) is 42.7 Å². The zero-order valence-electron chi connectivity index (χ0n) is 13.5. The fourth-order valence-electron chi connectivity index (χ4n) is 3.03. The molecule has 1 aliphatic rings. The van der Waals surface area contributed by atoms with Gasteiger partial charge in [0.2, 0.25) is 0 Å². The second-order valence-corrected chi connectivity index (χ2v) is 5.84. The van der Waals surface area contributed by atoms with Crippen molar-refractivity contribution in [3.05, 3.63) is 18.3 Å². The van der Waals surface area contributed by atoms with Gasteiger partial charge in [0.1, 0.15) is 0 Å². The van der Waals surface area contributed by atoms with Crippen LogP contribution in [-0.2, 0) is 0 Å². The van der Waals surface area contributed by atoms with Gasteiger partial charge in [-0.05, 0) is 51.9 Å². The Balaban J connectivity index is 1.69. The summed E-state index contributed by atoms with van der Waals surface area (Å²) in [6.45, 7) is 4.75. The van der Waals surface area contributed by atoms with Crippen molar-refractivity contribution in [1.82, 2.24) is 9.88 Å². The average Bonchev–Trinajstić information content (AvgIpc) is 2.54. The smallest absolute Gasteiger partial charge is 0.168 e. The van der Waals surface area contributed by atoms with Crippen LogP contribution in [0.5, 0.6) is 5.75 Å². The number of rotatable bonds is 8. The lowest BCUT2D eigenvalue weighted by Gasteiger charge is -2.31. The minimum absolute atomic E-state index is 0.671. The Labute approximate surface area is 128 Å². The number of aromatic nitrogens is 1. The van der Waals surface area contributed by atoms with Crippen LogP contribution in [0.1, 0.15) is 45.4 Å². The molecule has 118 valence electrons. The van der Waals surface area contributed by atoms with Gasteiger partial charge in [-0.3, -0.25) is 0 Å². The van der Waals surface area contributed by atoms with Gasteiger partial charge in [-0.2, -0.15) is 0 Å². The maximum Gasteiger partial charge on any atom is 0.168 e. The Kier molecular flexibility index (Phi) is 6.80. The maximum atomic E-state index is 5.57. The molecule has 1 heterocycles. The van der Waals surface area contributed by atoms with Crippen LogP contribution >= 0.6 is 0 Å². The molecule has 0 unspecified atom stereocenters. The summed E-state index contributed by atoms with van der Waals surface area (Å²) in [6, 6.07) is 4.67. The van der Waals surface area contributed by atoms with E-state index in [4.69, 9.17) is 4.74 Å². The van der Waals surface area contributed by atoms with Crippen LogP contribution in [0.4, 0.5) is 5.82 Å². The molecule has 0 atom stereocenters. The average molecular weight is 291 g/mol. The number of anilines is 1. The first-order valence-electron chi connectivity index (χ1n) is 8.33. The first-order valence-corrected chi connectivity index (χ1v) is 8.33. The van der Waals surface area contributed by atoms with Gasteiger partial charge in [-0.25, -0.2) is 4.98 Å². The number of hydrogen-bond donors (Lipinski definition) is 1. The molecule has 4 nitrogen and oxygen atoms in total. The molecule has 0 radical (unpaired) electrons. The molecule has 0 amide bonds. The fourth-order valence-corrected chi connectivity index (χ4v) is 3.03. The number of hydrogen-bond acceptors (Lipinski definition) is 4. The van der Waals surface area contributed by atoms with E-state index in [1.165, 1.54) is 32.1 Å². The van der Waals surface area contributed by atoms with Crippen LogP contribution in [0.3, 0.4) is 0 Å². The Morgan fingerprint density at radius 1 is 1.33 bits per heavy atom. The van der Waals surface area contributed by atoms with Crippen molar-refractivity contribution in [2.24, 2.45) is 0 Å². The van der Waals surface area contributed by atoms with Crippen molar-refractivity contribution >= 4 is 5.82 Å². The van der Waals surface area contributed by atoms with Gasteiger partial charge in [-0.15, -0.1) is 0 Å². The minimum atomic E-state index is 0.671. The zero-order chi connectivity index (χ0) is 14.9. The van der Waals surface area contributed by atoms with Gasteiger partial charge < -0.3 is 15.0 Å². The van der Waals surface area contributed by atoms with Crippen LogP contribution in [0, 0.1) is 0 Å². The maximum absolute atomic E-state index is 5.57. The standard InChI is InChI=1S/C17H29N3O/c1-3-21-16-11-7-12-18-17(16)19-13-8-14-20(2)15-9-5-4-6-10-15/h7,11-12,15H,3-6,8-10,13-14H2,1-2H3,(H,18,19). The van der Waals surface area contributed by atoms with Gasteiger partial charge >= 0.3 is 0 Å². The SMILES string of the molecule is CCOc1cccnc1NCCCN(C)C1CCCCC1. The minimum Gasteiger partial charge on any atom is -0.490 e. The highest BCUT2D eigenvalue weighted by Crippen LogP contribution is 2.22. The first-order chi connectivity index (χ1) is 10.3. The van der Waals surface area contributed by atoms with Gasteiger partial charge in [-0.1, -0.05) is 19.3 Å². The molecule has 0 aromatic carbocycles. The van der Waals surface area contributed by atoms with E-state index in [-0.39, 0.29) is 0 Å². The topological polar surface area (TPSA) is 37.4 Å². The van der Waals surface area contributed by atoms with Crippen molar-refractivity contribution < 1.29 is 4.74 Å². The zero-order valence-corrected chi connectivity index (χ0v) is 13.5. The summed E-state index contributed by atoms with van der Waals surface area (Å²) >= 11 is 0. The molecule has 21 heavy (non-hydrogen) atoms. The molecule has 0 saturated heterocycles. The highest BCUT2D eigenvalue weighted by atomic mass is 16.5. The predicted octanol–water partition coefficient (Wildman–Crippen LogP) is 3.55. The quantitative estimate of drug-likeness (QED) is 0.743. The molecule has 1 fully saturated rings. The number of pyridine rings is 1. The second-order valence-electron chi connectivity index (χ2n) is 5.84. The lowest BCUT2D eigenvalue weighted by atomic mass is 9.94. The third kappa shape index (κ3) is 5.20. The van der Waals surface area contributed by atoms with E-state index in [1.807, 2.05) is 19.1 Å². The van der Waals surface area contributed by atoms with Gasteiger partial charge in [0.05, 0.1) is 6.61 Å². The molecular formula is C17H29N3O. The summed E-state index contributed by atoms with van der Waals surface area (Å²) in [5.74, 6) is 1.71. The van der Waals surface area contributed by atoms with Crippen LogP contribution in [0.2, 0.25) is 0 Å². The number of ether oxygens (including phenoxy) is 1. The Bertz CT molecular complexity index is 405. The summed E-state index contributed by atoms with van der Waals surface area (Å²) in [4.78, 5) is 6.88. The molecule has 1 N–H and O–H groups in total. The molecule has 2 rings (SSSR count). The van der Waals surface area contributed by atoms with Crippen molar-refractivity contribution in [3.8, 4) is 5.75 Å². The van der Waals surface area contributed by atoms with E-state index in [9.17, 15) is 0 Å². The molecule has 1 saturated carbocycles. The van der Waals surface area contributed by atoms with Gasteiger partial charge in [0, 0.05) is 18.8 Å². The van der Waals surface area contributed by atoms with Crippen molar-refractivity contribution in [3.63, 3.8) is 0 Å². The summed E-state index contributed by atoms with van der Waals surface area (Å²) in [5, 5.41) is 3.39. The lowest BCUT2D eigenvalue weighted by Crippen LogP contribution is -2.34. The molecule has 4 heteroatoms. The lowest BCUT2D eigenvalue weighted by molar-refractivity contribution is 0.191. The van der Waals surface area contributed by atoms with Crippen LogP contribution < -0.4 is 10.1 Å². The molecule has 0 spiro atoms. The number of nitrogens with one attached hydrogen (secondary N) is 1. The largest absolute Gasteiger partial charge is 0.490 e. The Morgan fingerprint density at radius 2 is 2.14 bits per heavy atom. The monoisotopic (exact) mass is 291 g/mol. The van der Waals surface area contributed by atoms with E-state index < -0.39 is 0 Å². The Morgan fingerprint density at radius 3 is 2.90 bits per heavy atom. The Hall–Kier alpha value is -1.29. The van der Waals surface area contributed by atoms with Crippen molar-refractivity contribution in [1.29, 1.82) is 0 Å². The molecule has 0 bridgehead atoms. The summed E-state index contributed by atoms with van der Waals surface area (Å²) in [6.07, 6.45) is 9.91. The normalized spacial score (nSPS) is 16.1. The van der Waals surface area contributed by atoms with Crippen molar-refractivity contribution in [2.45, 2.75) is 51.5 Å². The summed E-state index contributed by atoms with van der Waals surface area (Å²) in [7, 11) is 2.27. The third-order valence-corrected chi connectivity index (χ3v) is 4.25. The van der Waals surface area contributed by atoms with E-state index in [0.717, 1.165) is 37.1 Å². The van der Waals surface area contributed by atoms with Crippen LogP contribution in [0.15, 0.2) is 18.3 Å². The highest BCUT2D eigenvalue weighted by Gasteiger charge is 2.17. The van der Waals surface area contributed by atoms with E-state index >= 15 is 0 Å². The number of nitrogens with zero attached hydrogens (tertiary/aromatic N) is 2. The third-order valence-electron chi connectivity index (χ3n) is 4.25. The molecule has 0 aliphatic heterocycles. The van der Waals surface area contributed by atoms with Gasteiger partial charge in [0.15, 0.2) is 11.6 Å². The highest BCUT2D eigenvalue weighted by molar-refractivity contribution is 5.49. The molecule has 1 aromatic heterocycles. The predicted molar refractivity (Wildman–Crippen MR) is 88.0 cm³/mol. The van der Waals surface area contributed by atoms with E-state index in [1.54, 1.807) is 6.20 Å². The molecular weight excluding hydrogens is 262 g/mol. The van der Waals surface area contributed by atoms with Crippen LogP contribution in [0.25, 0.3) is 0 Å². The molecule has 1 aromatic rings. The van der Waals surface area contributed by atoms with E-state index in [2.05, 4.69) is 22.2 Å². The summed E-state index contributed by atoms with van der Waals surface area (Å²) < 4.78 is 5.57. The van der Waals surface area contributed by atoms with Gasteiger partial charge in [0.25, 0.3) is 0 Å². The molecule has 1 aliphatic carbocycles. The van der Waals surface area contributed by atoms with E-state index in [0.29, 0.717) is 6.61 Å². The van der Waals surface area contributed by atoms with Crippen molar-refractivity contribution in [2.75, 3.05) is 32.1 Å². The first kappa shape index (κ1) is 16.1. The summed E-state index contributed by atoms with van der Waals surface area (Å²) in [5.41, 5.74) is 0. The fraction of sp³-hybridized carbons (Fsp3) is 0.706.